The SMILES string of the molecule is Cc1ncsc1-c1ccc(CNC(=O)[C@@H]2C[C@@H](O)CN2C(=O)[C@@H](NC(=O)CCCCCCCCBr)C(C)(C)C)cc1. The van der Waals surface area contributed by atoms with Gasteiger partial charge in [-0.15, -0.1) is 11.3 Å². The van der Waals surface area contributed by atoms with Crippen LogP contribution >= 0.6 is 27.3 Å². The van der Waals surface area contributed by atoms with E-state index in [4.69, 9.17) is 0 Å². The van der Waals surface area contributed by atoms with Crippen molar-refractivity contribution in [1.29, 1.82) is 0 Å². The maximum atomic E-state index is 13.7. The summed E-state index contributed by atoms with van der Waals surface area (Å²) in [6.07, 6.45) is 6.12. The highest BCUT2D eigenvalue weighted by Crippen LogP contribution is 2.28. The molecule has 41 heavy (non-hydrogen) atoms. The van der Waals surface area contributed by atoms with Crippen LogP contribution in [0.5, 0.6) is 0 Å². The largest absolute Gasteiger partial charge is 0.391 e. The van der Waals surface area contributed by atoms with Gasteiger partial charge in [0.2, 0.25) is 17.7 Å². The second-order valence-corrected chi connectivity index (χ2v) is 13.7. The Morgan fingerprint density at radius 3 is 2.37 bits per heavy atom. The first-order chi connectivity index (χ1) is 19.5. The number of aryl methyl sites for hydroxylation is 1. The Bertz CT molecular complexity index is 1150. The molecule has 0 saturated carbocycles. The third-order valence-electron chi connectivity index (χ3n) is 7.50. The number of aliphatic hydroxyl groups excluding tert-OH is 1. The van der Waals surface area contributed by atoms with Crippen LogP contribution in [-0.4, -0.2) is 62.8 Å². The Morgan fingerprint density at radius 2 is 1.76 bits per heavy atom. The van der Waals surface area contributed by atoms with E-state index >= 15 is 0 Å². The van der Waals surface area contributed by atoms with Gasteiger partial charge in [0.15, 0.2) is 0 Å². The van der Waals surface area contributed by atoms with Gasteiger partial charge >= 0.3 is 0 Å². The van der Waals surface area contributed by atoms with Gasteiger partial charge in [0, 0.05) is 31.3 Å². The van der Waals surface area contributed by atoms with Gasteiger partial charge in [-0.2, -0.15) is 0 Å². The van der Waals surface area contributed by atoms with Gasteiger partial charge in [-0.1, -0.05) is 86.6 Å². The lowest BCUT2D eigenvalue weighted by molar-refractivity contribution is -0.144. The van der Waals surface area contributed by atoms with E-state index < -0.39 is 23.6 Å². The zero-order valence-corrected chi connectivity index (χ0v) is 27.2. The number of β-amino-alcohol motifs (C(OH)–C–C–N with tert-alkyl or cyclic N) is 1. The topological polar surface area (TPSA) is 112 Å². The molecule has 0 bridgehead atoms. The summed E-state index contributed by atoms with van der Waals surface area (Å²) >= 11 is 5.04. The smallest absolute Gasteiger partial charge is 0.246 e. The number of halogens is 1. The van der Waals surface area contributed by atoms with Crippen LogP contribution in [0.15, 0.2) is 29.8 Å². The molecule has 0 radical (unpaired) electrons. The minimum absolute atomic E-state index is 0.0661. The van der Waals surface area contributed by atoms with Crippen LogP contribution in [0, 0.1) is 12.3 Å². The molecule has 1 aliphatic heterocycles. The molecule has 3 rings (SSSR count). The highest BCUT2D eigenvalue weighted by Gasteiger charge is 2.44. The third-order valence-corrected chi connectivity index (χ3v) is 9.04. The molecule has 3 N–H and O–H groups in total. The minimum atomic E-state index is -0.794. The van der Waals surface area contributed by atoms with Crippen molar-refractivity contribution in [3.05, 3.63) is 41.0 Å². The number of hydrogen-bond acceptors (Lipinski definition) is 6. The molecule has 1 aromatic heterocycles. The summed E-state index contributed by atoms with van der Waals surface area (Å²) in [6, 6.07) is 6.37. The van der Waals surface area contributed by atoms with Crippen LogP contribution in [0.25, 0.3) is 10.4 Å². The van der Waals surface area contributed by atoms with E-state index in [1.807, 2.05) is 57.5 Å². The number of hydrogen-bond donors (Lipinski definition) is 3. The summed E-state index contributed by atoms with van der Waals surface area (Å²) in [7, 11) is 0. The number of amides is 3. The lowest BCUT2D eigenvalue weighted by Crippen LogP contribution is -2.57. The molecule has 1 saturated heterocycles. The van der Waals surface area contributed by atoms with Gasteiger partial charge in [0.05, 0.1) is 22.2 Å². The number of carbonyl (C=O) groups is 3. The van der Waals surface area contributed by atoms with Gasteiger partial charge in [-0.3, -0.25) is 14.4 Å². The standard InChI is InChI=1S/C31H45BrN4O4S/c1-21-27(41-20-34-21)23-14-12-22(13-15-23)18-33-29(39)25-17-24(37)19-36(25)30(40)28(31(2,3)4)35-26(38)11-9-7-5-6-8-10-16-32/h12-15,20,24-25,28,37H,5-11,16-19H2,1-4H3,(H,33,39)(H,35,38)/t24-,25+,28-/m1/s1. The molecule has 3 atom stereocenters. The molecule has 0 spiro atoms. The second kappa shape index (κ2) is 15.8. The highest BCUT2D eigenvalue weighted by atomic mass is 79.9. The average molecular weight is 650 g/mol. The van der Waals surface area contributed by atoms with E-state index in [9.17, 15) is 19.5 Å². The van der Waals surface area contributed by atoms with E-state index in [1.54, 1.807) is 11.3 Å². The number of benzene rings is 1. The Labute approximate surface area is 256 Å². The molecule has 1 aromatic carbocycles. The number of thiazole rings is 1. The van der Waals surface area contributed by atoms with E-state index in [0.29, 0.717) is 13.0 Å². The second-order valence-electron chi connectivity index (χ2n) is 12.0. The molecular weight excluding hydrogens is 604 g/mol. The van der Waals surface area contributed by atoms with Gasteiger partial charge in [0.1, 0.15) is 12.1 Å². The summed E-state index contributed by atoms with van der Waals surface area (Å²) in [6.45, 7) is 8.06. The summed E-state index contributed by atoms with van der Waals surface area (Å²) in [5.74, 6) is -0.797. The first kappa shape index (κ1) is 33.2. The van der Waals surface area contributed by atoms with Crippen molar-refractivity contribution in [2.75, 3.05) is 11.9 Å². The molecule has 8 nitrogen and oxygen atoms in total. The van der Waals surface area contributed by atoms with Crippen LogP contribution in [0.2, 0.25) is 0 Å². The number of rotatable bonds is 14. The van der Waals surface area contributed by atoms with Crippen molar-refractivity contribution in [2.24, 2.45) is 5.41 Å². The first-order valence-corrected chi connectivity index (χ1v) is 16.6. The Morgan fingerprint density at radius 1 is 1.10 bits per heavy atom. The quantitative estimate of drug-likeness (QED) is 0.189. The highest BCUT2D eigenvalue weighted by molar-refractivity contribution is 9.09. The van der Waals surface area contributed by atoms with E-state index in [1.165, 1.54) is 17.7 Å². The van der Waals surface area contributed by atoms with Crippen molar-refractivity contribution in [2.45, 2.75) is 104 Å². The Balaban J connectivity index is 1.57. The van der Waals surface area contributed by atoms with Crippen molar-refractivity contribution < 1.29 is 19.5 Å². The summed E-state index contributed by atoms with van der Waals surface area (Å²) in [5, 5.41) is 17.3. The maximum absolute atomic E-state index is 13.7. The number of aromatic nitrogens is 1. The zero-order valence-electron chi connectivity index (χ0n) is 24.7. The van der Waals surface area contributed by atoms with Crippen molar-refractivity contribution >= 4 is 45.0 Å². The number of nitrogens with zero attached hydrogens (tertiary/aromatic N) is 2. The van der Waals surface area contributed by atoms with Crippen molar-refractivity contribution in [1.82, 2.24) is 20.5 Å². The molecule has 0 unspecified atom stereocenters. The molecule has 2 heterocycles. The number of likely N-dealkylation sites (tertiary alicyclic amines) is 1. The maximum Gasteiger partial charge on any atom is 0.246 e. The van der Waals surface area contributed by atoms with Crippen molar-refractivity contribution in [3.8, 4) is 10.4 Å². The number of carbonyl (C=O) groups excluding carboxylic acids is 3. The van der Waals surface area contributed by atoms with Gasteiger partial charge < -0.3 is 20.6 Å². The van der Waals surface area contributed by atoms with Crippen LogP contribution in [0.1, 0.15) is 83.4 Å². The van der Waals surface area contributed by atoms with E-state index in [-0.39, 0.29) is 30.7 Å². The monoisotopic (exact) mass is 648 g/mol. The fourth-order valence-corrected chi connectivity index (χ4v) is 6.31. The van der Waals surface area contributed by atoms with Gasteiger partial charge in [-0.25, -0.2) is 4.98 Å². The fourth-order valence-electron chi connectivity index (χ4n) is 5.10. The Hall–Kier alpha value is -2.30. The third kappa shape index (κ3) is 9.89. The molecule has 1 aliphatic rings. The molecule has 0 aliphatic carbocycles. The first-order valence-electron chi connectivity index (χ1n) is 14.6. The number of alkyl halides is 1. The van der Waals surface area contributed by atoms with Crippen LogP contribution in [0.4, 0.5) is 0 Å². The summed E-state index contributed by atoms with van der Waals surface area (Å²) in [4.78, 5) is 46.6. The van der Waals surface area contributed by atoms with Crippen LogP contribution < -0.4 is 10.6 Å². The lowest BCUT2D eigenvalue weighted by Gasteiger charge is -2.35. The zero-order chi connectivity index (χ0) is 30.0. The van der Waals surface area contributed by atoms with Gasteiger partial charge in [0.25, 0.3) is 0 Å². The summed E-state index contributed by atoms with van der Waals surface area (Å²) < 4.78 is 0. The van der Waals surface area contributed by atoms with E-state index in [0.717, 1.165) is 52.7 Å². The number of unbranched alkanes of at least 4 members (excludes halogenated alkanes) is 5. The normalized spacial score (nSPS) is 17.9. The molecular formula is C31H45BrN4O4S. The molecule has 226 valence electrons. The van der Waals surface area contributed by atoms with Gasteiger partial charge in [-0.05, 0) is 36.3 Å². The molecule has 3 amide bonds. The molecule has 2 aromatic rings. The Kier molecular flexibility index (Phi) is 12.8. The minimum Gasteiger partial charge on any atom is -0.391 e. The van der Waals surface area contributed by atoms with Crippen LogP contribution in [0.3, 0.4) is 0 Å². The summed E-state index contributed by atoms with van der Waals surface area (Å²) in [5.41, 5.74) is 4.27. The predicted molar refractivity (Wildman–Crippen MR) is 168 cm³/mol. The van der Waals surface area contributed by atoms with Crippen LogP contribution in [-0.2, 0) is 20.9 Å². The molecule has 1 fully saturated rings. The lowest BCUT2D eigenvalue weighted by atomic mass is 9.85. The molecule has 10 heteroatoms. The predicted octanol–water partition coefficient (Wildman–Crippen LogP) is 5.35. The fraction of sp³-hybridized carbons (Fsp3) is 0.613. The van der Waals surface area contributed by atoms with E-state index in [2.05, 4.69) is 31.5 Å². The van der Waals surface area contributed by atoms with Crippen molar-refractivity contribution in [3.63, 3.8) is 0 Å². The number of aliphatic hydroxyl groups is 1. The number of nitrogens with one attached hydrogen (secondary N) is 2. The average Bonchev–Trinajstić information content (AvgIpc) is 3.54.